The molecule has 1 aromatic heterocycles. The normalized spacial score (nSPS) is 23.9. The molecule has 0 unspecified atom stereocenters. The van der Waals surface area contributed by atoms with Gasteiger partial charge >= 0.3 is 0 Å². The number of aliphatic hydroxyl groups excluding tert-OH is 3. The van der Waals surface area contributed by atoms with Gasteiger partial charge in [-0.1, -0.05) is 39.8 Å². The van der Waals surface area contributed by atoms with E-state index in [0.29, 0.717) is 4.90 Å². The van der Waals surface area contributed by atoms with Gasteiger partial charge in [-0.3, -0.25) is 0 Å². The minimum atomic E-state index is -1.93. The molecule has 1 saturated heterocycles. The highest BCUT2D eigenvalue weighted by molar-refractivity contribution is 7.99. The first-order valence-corrected chi connectivity index (χ1v) is 11.2. The van der Waals surface area contributed by atoms with Crippen molar-refractivity contribution in [2.75, 3.05) is 6.61 Å². The van der Waals surface area contributed by atoms with E-state index >= 15 is 0 Å². The fourth-order valence-electron chi connectivity index (χ4n) is 3.74. The van der Waals surface area contributed by atoms with Crippen molar-refractivity contribution >= 4 is 17.4 Å². The molecule has 5 atom stereocenters. The lowest BCUT2D eigenvalue weighted by Gasteiger charge is -2.41. The van der Waals surface area contributed by atoms with Crippen LogP contribution in [0, 0.1) is 30.2 Å². The van der Waals surface area contributed by atoms with E-state index < -0.39 is 76.6 Å². The van der Waals surface area contributed by atoms with Crippen molar-refractivity contribution < 1.29 is 37.6 Å². The Morgan fingerprint density at radius 3 is 2.31 bits per heavy atom. The maximum Gasteiger partial charge on any atom is 0.172 e. The van der Waals surface area contributed by atoms with Crippen LogP contribution in [0.25, 0.3) is 21.7 Å². The van der Waals surface area contributed by atoms with E-state index in [1.165, 1.54) is 0 Å². The Bertz CT molecular complexity index is 1290. The number of aromatic nitrogens is 3. The molecule has 0 spiro atoms. The van der Waals surface area contributed by atoms with Gasteiger partial charge in [0.15, 0.2) is 23.3 Å². The summed E-state index contributed by atoms with van der Waals surface area (Å²) in [6.45, 7) is 1.27. The highest BCUT2D eigenvalue weighted by Crippen LogP contribution is 2.39. The smallest absolute Gasteiger partial charge is 0.172 e. The number of hydrogen-bond acceptors (Lipinski definition) is 8. The van der Waals surface area contributed by atoms with Crippen molar-refractivity contribution in [3.05, 3.63) is 69.7 Å². The molecule has 0 radical (unpaired) electrons. The number of azide groups is 1. The molecule has 4 rings (SSSR count). The SMILES string of the molecule is Cc1ccc(S[C@@H]2O[C@H](CO)[C@H](O)[C@H](n3cc(-c4c(F)c(F)c(N=[N+]=[N-])c(F)c4F)nn3)[C@H]2O)cc1. The third-order valence-electron chi connectivity index (χ3n) is 5.58. The molecule has 0 bridgehead atoms. The number of rotatable bonds is 6. The summed E-state index contributed by atoms with van der Waals surface area (Å²) in [5.41, 5.74) is 5.00. The van der Waals surface area contributed by atoms with Gasteiger partial charge in [0.25, 0.3) is 0 Å². The number of aliphatic hydroxyl groups is 3. The van der Waals surface area contributed by atoms with Gasteiger partial charge in [0.1, 0.15) is 41.2 Å². The third kappa shape index (κ3) is 4.64. The number of aryl methyl sites for hydroxylation is 1. The summed E-state index contributed by atoms with van der Waals surface area (Å²) in [5.74, 6) is -7.62. The maximum atomic E-state index is 14.6. The van der Waals surface area contributed by atoms with Crippen LogP contribution in [0.2, 0.25) is 0 Å². The second-order valence-electron chi connectivity index (χ2n) is 7.88. The van der Waals surface area contributed by atoms with E-state index in [4.69, 9.17) is 10.3 Å². The van der Waals surface area contributed by atoms with Crippen LogP contribution in [0.1, 0.15) is 11.6 Å². The molecule has 1 fully saturated rings. The zero-order valence-corrected chi connectivity index (χ0v) is 19.2. The van der Waals surface area contributed by atoms with Crippen molar-refractivity contribution in [3.8, 4) is 11.3 Å². The lowest BCUT2D eigenvalue weighted by Crippen LogP contribution is -2.55. The van der Waals surface area contributed by atoms with Crippen molar-refractivity contribution in [2.45, 2.75) is 41.6 Å². The maximum absolute atomic E-state index is 14.6. The molecule has 2 aromatic carbocycles. The van der Waals surface area contributed by atoms with E-state index in [0.717, 1.165) is 28.2 Å². The second kappa shape index (κ2) is 10.4. The molecular weight excluding hydrogens is 508 g/mol. The first kappa shape index (κ1) is 25.9. The largest absolute Gasteiger partial charge is 0.394 e. The summed E-state index contributed by atoms with van der Waals surface area (Å²) < 4.78 is 64.1. The lowest BCUT2D eigenvalue weighted by molar-refractivity contribution is -0.178. The Morgan fingerprint density at radius 1 is 1.08 bits per heavy atom. The first-order valence-electron chi connectivity index (χ1n) is 10.4. The van der Waals surface area contributed by atoms with Gasteiger partial charge < -0.3 is 20.1 Å². The van der Waals surface area contributed by atoms with Gasteiger partial charge in [-0.15, -0.1) is 5.10 Å². The lowest BCUT2D eigenvalue weighted by atomic mass is 9.97. The molecule has 2 heterocycles. The third-order valence-corrected chi connectivity index (χ3v) is 6.75. The van der Waals surface area contributed by atoms with Gasteiger partial charge in [0, 0.05) is 9.81 Å². The van der Waals surface area contributed by atoms with E-state index in [1.54, 1.807) is 12.1 Å². The van der Waals surface area contributed by atoms with Crippen molar-refractivity contribution in [2.24, 2.45) is 5.11 Å². The van der Waals surface area contributed by atoms with Crippen molar-refractivity contribution in [3.63, 3.8) is 0 Å². The Balaban J connectivity index is 1.70. The van der Waals surface area contributed by atoms with Gasteiger partial charge in [0.2, 0.25) is 0 Å². The number of nitrogens with zero attached hydrogens (tertiary/aromatic N) is 6. The molecule has 15 heteroatoms. The summed E-state index contributed by atoms with van der Waals surface area (Å²) in [6, 6.07) is 5.93. The summed E-state index contributed by atoms with van der Waals surface area (Å²) in [7, 11) is 0. The van der Waals surface area contributed by atoms with Crippen LogP contribution in [0.5, 0.6) is 0 Å². The average Bonchev–Trinajstić information content (AvgIpc) is 3.33. The standard InChI is InChI=1S/C21H18F4N6O4S/c1-8-2-4-9(5-3-8)36-21-20(34)18(19(33)11(7-32)35-21)31-6-10(27-30-31)12-13(22)15(24)17(28-29-26)16(25)14(12)23/h2-6,11,18-21,32-34H,7H2,1H3/t11-,18+,19+,20-,21+/m1/s1. The molecule has 0 amide bonds. The number of thioether (sulfide) groups is 1. The highest BCUT2D eigenvalue weighted by atomic mass is 32.2. The number of benzene rings is 2. The fourth-order valence-corrected chi connectivity index (χ4v) is 4.80. The minimum absolute atomic E-state index is 0.628. The van der Waals surface area contributed by atoms with Crippen LogP contribution in [0.4, 0.5) is 23.2 Å². The molecule has 1 aliphatic heterocycles. The molecule has 190 valence electrons. The van der Waals surface area contributed by atoms with Gasteiger partial charge in [-0.2, -0.15) is 0 Å². The number of halogens is 4. The monoisotopic (exact) mass is 526 g/mol. The summed E-state index contributed by atoms with van der Waals surface area (Å²) in [5, 5.41) is 41.2. The Morgan fingerprint density at radius 2 is 1.72 bits per heavy atom. The van der Waals surface area contributed by atoms with Crippen molar-refractivity contribution in [1.29, 1.82) is 0 Å². The second-order valence-corrected chi connectivity index (χ2v) is 9.05. The molecule has 36 heavy (non-hydrogen) atoms. The molecular formula is C21H18F4N6O4S. The van der Waals surface area contributed by atoms with Crippen LogP contribution >= 0.6 is 11.8 Å². The van der Waals surface area contributed by atoms with Gasteiger partial charge in [0.05, 0.1) is 18.4 Å². The fraction of sp³-hybridized carbons (Fsp3) is 0.333. The van der Waals surface area contributed by atoms with Gasteiger partial charge in [-0.25, -0.2) is 22.2 Å². The van der Waals surface area contributed by atoms with Crippen LogP contribution in [-0.2, 0) is 4.74 Å². The van der Waals surface area contributed by atoms with Crippen LogP contribution in [0.3, 0.4) is 0 Å². The Kier molecular flexibility index (Phi) is 7.49. The zero-order valence-electron chi connectivity index (χ0n) is 18.3. The molecule has 3 aromatic rings. The first-order chi connectivity index (χ1) is 17.2. The van der Waals surface area contributed by atoms with E-state index in [9.17, 15) is 32.9 Å². The molecule has 0 aliphatic carbocycles. The summed E-state index contributed by atoms with van der Waals surface area (Å²) in [4.78, 5) is 2.85. The van der Waals surface area contributed by atoms with Crippen LogP contribution in [-0.4, -0.2) is 60.7 Å². The minimum Gasteiger partial charge on any atom is -0.394 e. The molecule has 3 N–H and O–H groups in total. The van der Waals surface area contributed by atoms with Gasteiger partial charge in [-0.05, 0) is 24.6 Å². The Hall–Kier alpha value is -3.20. The Labute approximate surface area is 204 Å². The summed E-state index contributed by atoms with van der Waals surface area (Å²) in [6.07, 6.45) is -3.29. The highest BCUT2D eigenvalue weighted by Gasteiger charge is 2.46. The number of hydrogen-bond donors (Lipinski definition) is 3. The van der Waals surface area contributed by atoms with E-state index in [1.807, 2.05) is 19.1 Å². The van der Waals surface area contributed by atoms with E-state index in [2.05, 4.69) is 20.3 Å². The predicted octanol–water partition coefficient (Wildman–Crippen LogP) is 3.52. The molecule has 1 aliphatic rings. The summed E-state index contributed by atoms with van der Waals surface area (Å²) >= 11 is 1.10. The zero-order chi connectivity index (χ0) is 26.1. The van der Waals surface area contributed by atoms with Crippen LogP contribution < -0.4 is 0 Å². The van der Waals surface area contributed by atoms with Crippen LogP contribution in [0.15, 0.2) is 40.5 Å². The van der Waals surface area contributed by atoms with Crippen molar-refractivity contribution in [1.82, 2.24) is 15.0 Å². The number of ether oxygens (including phenoxy) is 1. The quantitative estimate of drug-likeness (QED) is 0.146. The average molecular weight is 526 g/mol. The predicted molar refractivity (Wildman–Crippen MR) is 118 cm³/mol. The molecule has 0 saturated carbocycles. The topological polar surface area (TPSA) is 149 Å². The van der Waals surface area contributed by atoms with E-state index in [-0.39, 0.29) is 0 Å². The molecule has 10 nitrogen and oxygen atoms in total.